The van der Waals surface area contributed by atoms with Gasteiger partial charge < -0.3 is 19.5 Å². The highest BCUT2D eigenvalue weighted by atomic mass is 16.5. The van der Waals surface area contributed by atoms with Crippen molar-refractivity contribution in [2.45, 2.75) is 58.6 Å². The molecule has 1 N–H and O–H groups in total. The molecule has 174 valence electrons. The van der Waals surface area contributed by atoms with Gasteiger partial charge >= 0.3 is 5.97 Å². The fraction of sp³-hybridized carbons (Fsp3) is 0.462. The van der Waals surface area contributed by atoms with Gasteiger partial charge in [0.25, 0.3) is 5.91 Å². The van der Waals surface area contributed by atoms with Crippen LogP contribution in [0.25, 0.3) is 0 Å². The molecule has 0 radical (unpaired) electrons. The lowest BCUT2D eigenvalue weighted by atomic mass is 10.1. The Labute approximate surface area is 191 Å². The molecular formula is C26H35NO5. The quantitative estimate of drug-likeness (QED) is 0.405. The number of amides is 1. The SMILES string of the molecule is CCCCCCN(Cc1ccccc1)C(=O)COc1ccc(C[C@H](OCC)C(=O)O)cc1. The summed E-state index contributed by atoms with van der Waals surface area (Å²) in [6.07, 6.45) is 3.83. The second-order valence-corrected chi connectivity index (χ2v) is 7.78. The molecule has 1 atom stereocenters. The maximum atomic E-state index is 12.9. The van der Waals surface area contributed by atoms with Crippen molar-refractivity contribution in [2.75, 3.05) is 19.8 Å². The Balaban J connectivity index is 1.91. The molecule has 2 aromatic rings. The van der Waals surface area contributed by atoms with Crippen molar-refractivity contribution in [3.05, 3.63) is 65.7 Å². The molecule has 0 saturated carbocycles. The van der Waals surface area contributed by atoms with E-state index in [2.05, 4.69) is 6.92 Å². The Morgan fingerprint density at radius 1 is 0.938 bits per heavy atom. The molecule has 0 aliphatic heterocycles. The fourth-order valence-corrected chi connectivity index (χ4v) is 3.42. The fourth-order valence-electron chi connectivity index (χ4n) is 3.42. The molecule has 0 unspecified atom stereocenters. The summed E-state index contributed by atoms with van der Waals surface area (Å²) < 4.78 is 11.0. The highest BCUT2D eigenvalue weighted by Gasteiger charge is 2.18. The number of ether oxygens (including phenoxy) is 2. The maximum Gasteiger partial charge on any atom is 0.333 e. The van der Waals surface area contributed by atoms with Gasteiger partial charge in [-0.3, -0.25) is 4.79 Å². The van der Waals surface area contributed by atoms with Crippen LogP contribution in [0.5, 0.6) is 5.75 Å². The summed E-state index contributed by atoms with van der Waals surface area (Å²) in [5.41, 5.74) is 1.94. The molecule has 0 aromatic heterocycles. The van der Waals surface area contributed by atoms with Gasteiger partial charge in [0.15, 0.2) is 12.7 Å². The first-order chi connectivity index (χ1) is 15.5. The normalized spacial score (nSPS) is 11.7. The van der Waals surface area contributed by atoms with E-state index in [4.69, 9.17) is 9.47 Å². The predicted octanol–water partition coefficient (Wildman–Crippen LogP) is 4.71. The van der Waals surface area contributed by atoms with E-state index in [0.29, 0.717) is 25.4 Å². The highest BCUT2D eigenvalue weighted by molar-refractivity contribution is 5.77. The first-order valence-corrected chi connectivity index (χ1v) is 11.4. The van der Waals surface area contributed by atoms with Crippen LogP contribution in [0.2, 0.25) is 0 Å². The Hall–Kier alpha value is -2.86. The smallest absolute Gasteiger partial charge is 0.333 e. The number of carboxylic acid groups (broad SMARTS) is 1. The van der Waals surface area contributed by atoms with Crippen LogP contribution in [0.3, 0.4) is 0 Å². The first kappa shape index (κ1) is 25.4. The molecule has 1 amide bonds. The zero-order chi connectivity index (χ0) is 23.2. The molecule has 6 heteroatoms. The van der Waals surface area contributed by atoms with Gasteiger partial charge in [-0.2, -0.15) is 0 Å². The van der Waals surface area contributed by atoms with E-state index in [-0.39, 0.29) is 18.9 Å². The van der Waals surface area contributed by atoms with Crippen molar-refractivity contribution >= 4 is 11.9 Å². The lowest BCUT2D eigenvalue weighted by molar-refractivity contribution is -0.150. The number of hydrogen-bond acceptors (Lipinski definition) is 4. The largest absolute Gasteiger partial charge is 0.484 e. The molecule has 2 aromatic carbocycles. The number of hydrogen-bond donors (Lipinski definition) is 1. The zero-order valence-corrected chi connectivity index (χ0v) is 19.2. The van der Waals surface area contributed by atoms with E-state index in [1.807, 2.05) is 35.2 Å². The van der Waals surface area contributed by atoms with E-state index in [1.165, 1.54) is 6.42 Å². The number of carboxylic acids is 1. The van der Waals surface area contributed by atoms with Crippen LogP contribution in [0.15, 0.2) is 54.6 Å². The van der Waals surface area contributed by atoms with Crippen LogP contribution >= 0.6 is 0 Å². The van der Waals surface area contributed by atoms with Gasteiger partial charge in [0.2, 0.25) is 0 Å². The van der Waals surface area contributed by atoms with Crippen LogP contribution in [0, 0.1) is 0 Å². The second-order valence-electron chi connectivity index (χ2n) is 7.78. The number of rotatable bonds is 15. The van der Waals surface area contributed by atoms with E-state index < -0.39 is 12.1 Å². The molecule has 6 nitrogen and oxygen atoms in total. The third-order valence-corrected chi connectivity index (χ3v) is 5.20. The third kappa shape index (κ3) is 9.10. The van der Waals surface area contributed by atoms with Gasteiger partial charge in [-0.1, -0.05) is 68.7 Å². The molecular weight excluding hydrogens is 406 g/mol. The van der Waals surface area contributed by atoms with Crippen molar-refractivity contribution in [1.82, 2.24) is 4.90 Å². The van der Waals surface area contributed by atoms with Crippen LogP contribution in [-0.2, 0) is 27.3 Å². The molecule has 0 spiro atoms. The van der Waals surface area contributed by atoms with Crippen molar-refractivity contribution in [3.63, 3.8) is 0 Å². The number of carbonyl (C=O) groups is 2. The van der Waals surface area contributed by atoms with E-state index in [1.54, 1.807) is 31.2 Å². The van der Waals surface area contributed by atoms with E-state index in [0.717, 1.165) is 30.4 Å². The molecule has 32 heavy (non-hydrogen) atoms. The number of carbonyl (C=O) groups excluding carboxylic acids is 1. The third-order valence-electron chi connectivity index (χ3n) is 5.20. The summed E-state index contributed by atoms with van der Waals surface area (Å²) >= 11 is 0. The Bertz CT molecular complexity index is 807. The van der Waals surface area contributed by atoms with Crippen LogP contribution in [0.1, 0.15) is 50.7 Å². The van der Waals surface area contributed by atoms with Gasteiger partial charge in [-0.25, -0.2) is 4.79 Å². The summed E-state index contributed by atoms with van der Waals surface area (Å²) in [6.45, 7) is 5.54. The van der Waals surface area contributed by atoms with Gasteiger partial charge in [-0.05, 0) is 36.6 Å². The van der Waals surface area contributed by atoms with Gasteiger partial charge in [-0.15, -0.1) is 0 Å². The highest BCUT2D eigenvalue weighted by Crippen LogP contribution is 2.15. The minimum absolute atomic E-state index is 0.0311. The zero-order valence-electron chi connectivity index (χ0n) is 19.2. The summed E-state index contributed by atoms with van der Waals surface area (Å²) in [5, 5.41) is 9.22. The van der Waals surface area contributed by atoms with Crippen molar-refractivity contribution in [2.24, 2.45) is 0 Å². The summed E-state index contributed by atoms with van der Waals surface area (Å²) in [5.74, 6) is -0.442. The molecule has 0 saturated heterocycles. The average molecular weight is 442 g/mol. The van der Waals surface area contributed by atoms with Crippen molar-refractivity contribution < 1.29 is 24.2 Å². The first-order valence-electron chi connectivity index (χ1n) is 11.4. The number of unbranched alkanes of at least 4 members (excludes halogenated alkanes) is 3. The Kier molecular flexibility index (Phi) is 11.3. The molecule has 0 heterocycles. The molecule has 0 fully saturated rings. The molecule has 0 aliphatic rings. The van der Waals surface area contributed by atoms with E-state index in [9.17, 15) is 14.7 Å². The molecule has 0 bridgehead atoms. The Morgan fingerprint density at radius 3 is 2.28 bits per heavy atom. The van der Waals surface area contributed by atoms with Crippen molar-refractivity contribution in [3.8, 4) is 5.75 Å². The molecule has 0 aliphatic carbocycles. The number of aliphatic carboxylic acids is 1. The van der Waals surface area contributed by atoms with Gasteiger partial charge in [0.1, 0.15) is 5.75 Å². The summed E-state index contributed by atoms with van der Waals surface area (Å²) in [4.78, 5) is 26.0. The second kappa shape index (κ2) is 14.2. The van der Waals surface area contributed by atoms with Gasteiger partial charge in [0, 0.05) is 26.1 Å². The van der Waals surface area contributed by atoms with Gasteiger partial charge in [0.05, 0.1) is 0 Å². The maximum absolute atomic E-state index is 12.9. The Morgan fingerprint density at radius 2 is 1.66 bits per heavy atom. The monoisotopic (exact) mass is 441 g/mol. The molecule has 2 rings (SSSR count). The number of benzene rings is 2. The summed E-state index contributed by atoms with van der Waals surface area (Å²) in [6, 6.07) is 17.1. The standard InChI is InChI=1S/C26H35NO5/c1-3-5-6-10-17-27(19-22-11-8-7-9-12-22)25(28)20-32-23-15-13-21(14-16-23)18-24(26(29)30)31-4-2/h7-9,11-16,24H,3-6,10,17-20H2,1-2H3,(H,29,30)/t24-/m0/s1. The average Bonchev–Trinajstić information content (AvgIpc) is 2.80. The van der Waals surface area contributed by atoms with Crippen molar-refractivity contribution in [1.29, 1.82) is 0 Å². The van der Waals surface area contributed by atoms with Crippen LogP contribution < -0.4 is 4.74 Å². The minimum atomic E-state index is -0.977. The lowest BCUT2D eigenvalue weighted by Gasteiger charge is -2.23. The topological polar surface area (TPSA) is 76.1 Å². The van der Waals surface area contributed by atoms with E-state index >= 15 is 0 Å². The predicted molar refractivity (Wildman–Crippen MR) is 125 cm³/mol. The van der Waals surface area contributed by atoms with Crippen LogP contribution in [-0.4, -0.2) is 47.7 Å². The minimum Gasteiger partial charge on any atom is -0.484 e. The number of nitrogens with zero attached hydrogens (tertiary/aromatic N) is 1. The summed E-state index contributed by atoms with van der Waals surface area (Å²) in [7, 11) is 0. The van der Waals surface area contributed by atoms with Crippen LogP contribution in [0.4, 0.5) is 0 Å². The lowest BCUT2D eigenvalue weighted by Crippen LogP contribution is -2.35.